The van der Waals surface area contributed by atoms with E-state index in [0.29, 0.717) is 24.9 Å². The number of rotatable bonds is 4. The van der Waals surface area contributed by atoms with Crippen molar-refractivity contribution in [2.75, 3.05) is 18.5 Å². The molecule has 0 aliphatic heterocycles. The van der Waals surface area contributed by atoms with Gasteiger partial charge in [0.05, 0.1) is 6.10 Å². The quantitative estimate of drug-likeness (QED) is 0.929. The molecular weight excluding hydrogens is 321 g/mol. The van der Waals surface area contributed by atoms with Crippen LogP contribution in [0.2, 0.25) is 0 Å². The highest BCUT2D eigenvalue weighted by molar-refractivity contribution is 5.57. The number of hydrogen-bond donors (Lipinski definition) is 1. The van der Waals surface area contributed by atoms with E-state index in [9.17, 15) is 18.3 Å². The van der Waals surface area contributed by atoms with Crippen molar-refractivity contribution in [3.63, 3.8) is 0 Å². The molecule has 0 saturated heterocycles. The van der Waals surface area contributed by atoms with Crippen LogP contribution in [-0.2, 0) is 6.18 Å². The van der Waals surface area contributed by atoms with Crippen molar-refractivity contribution in [2.45, 2.75) is 25.1 Å². The van der Waals surface area contributed by atoms with E-state index in [1.165, 1.54) is 12.4 Å². The highest BCUT2D eigenvalue weighted by atomic mass is 19.4. The van der Waals surface area contributed by atoms with E-state index < -0.39 is 11.9 Å². The summed E-state index contributed by atoms with van der Waals surface area (Å²) in [5.74, 6) is 0.493. The molecule has 0 aromatic carbocycles. The summed E-state index contributed by atoms with van der Waals surface area (Å²) in [7, 11) is 1.70. The number of alkyl halides is 3. The molecule has 1 aliphatic carbocycles. The Balaban J connectivity index is 1.93. The number of nitrogens with zero attached hydrogens (tertiary/aromatic N) is 4. The number of aliphatic hydroxyl groups excluding tert-OH is 1. The third kappa shape index (κ3) is 3.64. The van der Waals surface area contributed by atoms with E-state index in [4.69, 9.17) is 0 Å². The van der Waals surface area contributed by atoms with Gasteiger partial charge in [0.15, 0.2) is 11.5 Å². The van der Waals surface area contributed by atoms with E-state index in [-0.39, 0.29) is 23.7 Å². The van der Waals surface area contributed by atoms with Crippen molar-refractivity contribution < 1.29 is 18.3 Å². The average molecular weight is 338 g/mol. The van der Waals surface area contributed by atoms with E-state index >= 15 is 0 Å². The SMILES string of the molecule is CN(CC1CC(O)C1)c1cc(C(F)(F)F)nc(-c2ccncc2)n1. The molecule has 2 heterocycles. The third-order valence-corrected chi connectivity index (χ3v) is 4.08. The molecule has 0 bridgehead atoms. The minimum Gasteiger partial charge on any atom is -0.393 e. The maximum absolute atomic E-state index is 13.2. The Kier molecular flexibility index (Phi) is 4.40. The second kappa shape index (κ2) is 6.35. The lowest BCUT2D eigenvalue weighted by Gasteiger charge is -2.34. The van der Waals surface area contributed by atoms with Gasteiger partial charge >= 0.3 is 6.18 Å². The first kappa shape index (κ1) is 16.6. The zero-order valence-corrected chi connectivity index (χ0v) is 13.0. The molecule has 3 rings (SSSR count). The van der Waals surface area contributed by atoms with Crippen LogP contribution in [0.25, 0.3) is 11.4 Å². The predicted octanol–water partition coefficient (Wildman–Crippen LogP) is 2.76. The van der Waals surface area contributed by atoms with Gasteiger partial charge in [-0.05, 0) is 30.9 Å². The second-order valence-corrected chi connectivity index (χ2v) is 6.04. The average Bonchev–Trinajstić information content (AvgIpc) is 2.53. The van der Waals surface area contributed by atoms with E-state index in [2.05, 4.69) is 15.0 Å². The zero-order chi connectivity index (χ0) is 17.3. The molecule has 2 aromatic heterocycles. The minimum atomic E-state index is -4.55. The standard InChI is InChI=1S/C16H17F3N4O/c1-23(9-10-6-12(24)7-10)14-8-13(16(17,18)19)21-15(22-14)11-2-4-20-5-3-11/h2-5,8,10,12,24H,6-7,9H2,1H3. The summed E-state index contributed by atoms with van der Waals surface area (Å²) in [6.07, 6.45) is -0.548. The van der Waals surface area contributed by atoms with E-state index in [1.54, 1.807) is 24.1 Å². The molecule has 1 N–H and O–H groups in total. The molecule has 1 saturated carbocycles. The van der Waals surface area contributed by atoms with Crippen molar-refractivity contribution in [2.24, 2.45) is 5.92 Å². The number of pyridine rings is 1. The number of hydrogen-bond acceptors (Lipinski definition) is 5. The Bertz CT molecular complexity index is 702. The largest absolute Gasteiger partial charge is 0.433 e. The van der Waals surface area contributed by atoms with Gasteiger partial charge in [0.25, 0.3) is 0 Å². The summed E-state index contributed by atoms with van der Waals surface area (Å²) in [5.41, 5.74) is -0.496. The molecule has 2 aromatic rings. The summed E-state index contributed by atoms with van der Waals surface area (Å²) < 4.78 is 39.5. The molecule has 1 fully saturated rings. The number of aliphatic hydroxyl groups is 1. The summed E-state index contributed by atoms with van der Waals surface area (Å²) >= 11 is 0. The van der Waals surface area contributed by atoms with Crippen LogP contribution in [0.4, 0.5) is 19.0 Å². The van der Waals surface area contributed by atoms with Crippen LogP contribution < -0.4 is 4.90 Å². The Morgan fingerprint density at radius 3 is 2.46 bits per heavy atom. The molecule has 24 heavy (non-hydrogen) atoms. The van der Waals surface area contributed by atoms with E-state index in [1.807, 2.05) is 0 Å². The van der Waals surface area contributed by atoms with Crippen LogP contribution in [0.3, 0.4) is 0 Å². The van der Waals surface area contributed by atoms with Crippen LogP contribution in [0.5, 0.6) is 0 Å². The van der Waals surface area contributed by atoms with Crippen molar-refractivity contribution in [3.05, 3.63) is 36.3 Å². The number of aromatic nitrogens is 3. The lowest BCUT2D eigenvalue weighted by molar-refractivity contribution is -0.141. The topological polar surface area (TPSA) is 62.1 Å². The molecule has 0 amide bonds. The lowest BCUT2D eigenvalue weighted by atomic mass is 9.82. The van der Waals surface area contributed by atoms with Gasteiger partial charge in [-0.15, -0.1) is 0 Å². The van der Waals surface area contributed by atoms with Crippen molar-refractivity contribution >= 4 is 5.82 Å². The molecule has 0 unspecified atom stereocenters. The van der Waals surface area contributed by atoms with Crippen LogP contribution >= 0.6 is 0 Å². The third-order valence-electron chi connectivity index (χ3n) is 4.08. The summed E-state index contributed by atoms with van der Waals surface area (Å²) in [6.45, 7) is 0.543. The fourth-order valence-corrected chi connectivity index (χ4v) is 2.74. The fraction of sp³-hybridized carbons (Fsp3) is 0.438. The van der Waals surface area contributed by atoms with Crippen molar-refractivity contribution in [1.29, 1.82) is 0 Å². The second-order valence-electron chi connectivity index (χ2n) is 6.04. The Morgan fingerprint density at radius 2 is 1.88 bits per heavy atom. The van der Waals surface area contributed by atoms with Gasteiger partial charge in [-0.1, -0.05) is 0 Å². The molecule has 128 valence electrons. The summed E-state index contributed by atoms with van der Waals surface area (Å²) in [6, 6.07) is 4.10. The van der Waals surface area contributed by atoms with Gasteiger partial charge in [0.1, 0.15) is 5.82 Å². The van der Waals surface area contributed by atoms with Gasteiger partial charge < -0.3 is 10.0 Å². The first-order chi connectivity index (χ1) is 11.3. The van der Waals surface area contributed by atoms with Gasteiger partial charge in [0.2, 0.25) is 0 Å². The highest BCUT2D eigenvalue weighted by Gasteiger charge is 2.35. The molecule has 0 radical (unpaired) electrons. The molecule has 0 atom stereocenters. The maximum Gasteiger partial charge on any atom is 0.433 e. The predicted molar refractivity (Wildman–Crippen MR) is 82.3 cm³/mol. The van der Waals surface area contributed by atoms with Gasteiger partial charge in [-0.3, -0.25) is 4.98 Å². The van der Waals surface area contributed by atoms with Crippen molar-refractivity contribution in [1.82, 2.24) is 15.0 Å². The Morgan fingerprint density at radius 1 is 1.21 bits per heavy atom. The van der Waals surface area contributed by atoms with Crippen LogP contribution in [0.15, 0.2) is 30.6 Å². The summed E-state index contributed by atoms with van der Waals surface area (Å²) in [4.78, 5) is 13.5. The van der Waals surface area contributed by atoms with Gasteiger partial charge in [0, 0.05) is 37.6 Å². The number of halogens is 3. The van der Waals surface area contributed by atoms with Crippen LogP contribution in [0, 0.1) is 5.92 Å². The van der Waals surface area contributed by atoms with Crippen LogP contribution in [0.1, 0.15) is 18.5 Å². The summed E-state index contributed by atoms with van der Waals surface area (Å²) in [5, 5.41) is 9.35. The van der Waals surface area contributed by atoms with Crippen molar-refractivity contribution in [3.8, 4) is 11.4 Å². The van der Waals surface area contributed by atoms with Gasteiger partial charge in [-0.25, -0.2) is 9.97 Å². The molecule has 8 heteroatoms. The minimum absolute atomic E-state index is 0.0164. The smallest absolute Gasteiger partial charge is 0.393 e. The molecule has 5 nitrogen and oxygen atoms in total. The molecule has 0 spiro atoms. The van der Waals surface area contributed by atoms with Gasteiger partial charge in [-0.2, -0.15) is 13.2 Å². The highest BCUT2D eigenvalue weighted by Crippen LogP contribution is 2.33. The first-order valence-electron chi connectivity index (χ1n) is 7.59. The molecular formula is C16H17F3N4O. The van der Waals surface area contributed by atoms with E-state index in [0.717, 1.165) is 6.07 Å². The normalized spacial score (nSPS) is 20.5. The Hall–Kier alpha value is -2.22. The lowest BCUT2D eigenvalue weighted by Crippen LogP contribution is -2.37. The monoisotopic (exact) mass is 338 g/mol. The fourth-order valence-electron chi connectivity index (χ4n) is 2.74. The van der Waals surface area contributed by atoms with Crippen LogP contribution in [-0.4, -0.2) is 39.8 Å². The molecule has 1 aliphatic rings. The Labute approximate surface area is 137 Å². The maximum atomic E-state index is 13.2. The number of anilines is 1. The first-order valence-corrected chi connectivity index (χ1v) is 7.59. The zero-order valence-electron chi connectivity index (χ0n) is 13.0.